The van der Waals surface area contributed by atoms with E-state index in [9.17, 15) is 9.90 Å². The van der Waals surface area contributed by atoms with Crippen molar-refractivity contribution < 1.29 is 14.6 Å². The number of fused-ring (bicyclic) bond motifs is 8. The van der Waals surface area contributed by atoms with Gasteiger partial charge in [0.1, 0.15) is 5.82 Å². The van der Waals surface area contributed by atoms with Crippen LogP contribution in [0.5, 0.6) is 5.88 Å². The summed E-state index contributed by atoms with van der Waals surface area (Å²) in [5.41, 5.74) is 3.49. The Labute approximate surface area is 235 Å². The van der Waals surface area contributed by atoms with E-state index >= 15 is 0 Å². The first-order valence-corrected chi connectivity index (χ1v) is 15.5. The molecule has 1 aromatic rings. The highest BCUT2D eigenvalue weighted by atomic mass is 16.5. The summed E-state index contributed by atoms with van der Waals surface area (Å²) in [6, 6.07) is 0. The number of aliphatic carboxylic acids is 1. The molecule has 0 aliphatic heterocycles. The molecule has 3 fully saturated rings. The second-order valence-electron chi connectivity index (χ2n) is 15.6. The number of aromatic nitrogens is 2. The molecule has 0 spiro atoms. The number of ether oxygens (including phenoxy) is 1. The predicted octanol–water partition coefficient (Wildman–Crippen LogP) is 7.55. The molecule has 0 saturated heterocycles. The Morgan fingerprint density at radius 2 is 1.72 bits per heavy atom. The van der Waals surface area contributed by atoms with Gasteiger partial charge in [-0.25, -0.2) is 4.98 Å². The molecule has 6 rings (SSSR count). The summed E-state index contributed by atoms with van der Waals surface area (Å²) in [4.78, 5) is 22.7. The highest BCUT2D eigenvalue weighted by molar-refractivity contribution is 5.76. The normalized spacial score (nSPS) is 46.0. The van der Waals surface area contributed by atoms with Crippen LogP contribution in [0.4, 0.5) is 0 Å². The monoisotopic (exact) mass is 534 g/mol. The average molecular weight is 535 g/mol. The van der Waals surface area contributed by atoms with E-state index in [1.807, 2.05) is 6.92 Å². The Balaban J connectivity index is 1.49. The van der Waals surface area contributed by atoms with Crippen LogP contribution in [-0.4, -0.2) is 28.2 Å². The lowest BCUT2D eigenvalue weighted by Crippen LogP contribution is -2.65. The first kappa shape index (κ1) is 27.3. The third kappa shape index (κ3) is 3.22. The second kappa shape index (κ2) is 8.32. The number of carboxylic acid groups (broad SMARTS) is 1. The average Bonchev–Trinajstić information content (AvgIpc) is 2.86. The van der Waals surface area contributed by atoms with Crippen molar-refractivity contribution >= 4 is 5.97 Å². The van der Waals surface area contributed by atoms with Gasteiger partial charge in [0.15, 0.2) is 0 Å². The van der Waals surface area contributed by atoms with E-state index < -0.39 is 11.4 Å². The van der Waals surface area contributed by atoms with Crippen LogP contribution in [0.15, 0.2) is 11.6 Å². The third-order valence-corrected chi connectivity index (χ3v) is 14.0. The van der Waals surface area contributed by atoms with Gasteiger partial charge in [-0.3, -0.25) is 4.79 Å². The van der Waals surface area contributed by atoms with Crippen molar-refractivity contribution in [2.75, 3.05) is 7.11 Å². The Kier molecular flexibility index (Phi) is 5.82. The van der Waals surface area contributed by atoms with E-state index in [2.05, 4.69) is 54.5 Å². The molecular formula is C34H50N2O3. The fourth-order valence-electron chi connectivity index (χ4n) is 11.6. The predicted molar refractivity (Wildman–Crippen MR) is 154 cm³/mol. The van der Waals surface area contributed by atoms with Gasteiger partial charge in [0.05, 0.1) is 18.2 Å². The minimum atomic E-state index is -0.587. The van der Waals surface area contributed by atoms with Crippen molar-refractivity contribution in [2.24, 2.45) is 51.2 Å². The maximum Gasteiger partial charge on any atom is 0.310 e. The number of carboxylic acids is 1. The lowest BCUT2D eigenvalue weighted by atomic mass is 9.33. The van der Waals surface area contributed by atoms with Crippen LogP contribution >= 0.6 is 0 Å². The van der Waals surface area contributed by atoms with Crippen molar-refractivity contribution in [3.63, 3.8) is 0 Å². The molecule has 214 valence electrons. The molecule has 39 heavy (non-hydrogen) atoms. The summed E-state index contributed by atoms with van der Waals surface area (Å²) in [6.07, 6.45) is 10.6. The van der Waals surface area contributed by atoms with Gasteiger partial charge >= 0.3 is 5.97 Å². The molecule has 1 heterocycles. The highest BCUT2D eigenvalue weighted by Crippen LogP contribution is 2.75. The van der Waals surface area contributed by atoms with E-state index in [4.69, 9.17) is 14.7 Å². The van der Waals surface area contributed by atoms with Crippen LogP contribution in [0.3, 0.4) is 0 Å². The number of aryl methyl sites for hydroxylation is 1. The molecule has 0 aromatic carbocycles. The van der Waals surface area contributed by atoms with Gasteiger partial charge in [-0.15, -0.1) is 0 Å². The van der Waals surface area contributed by atoms with Crippen molar-refractivity contribution in [1.29, 1.82) is 0 Å². The number of carbonyl (C=O) groups is 1. The van der Waals surface area contributed by atoms with Gasteiger partial charge in [-0.2, -0.15) is 4.98 Å². The largest absolute Gasteiger partial charge is 0.481 e. The van der Waals surface area contributed by atoms with Crippen LogP contribution in [0.2, 0.25) is 0 Å². The van der Waals surface area contributed by atoms with Gasteiger partial charge in [-0.05, 0) is 104 Å². The summed E-state index contributed by atoms with van der Waals surface area (Å²) < 4.78 is 5.87. The maximum absolute atomic E-state index is 13.0. The number of nitrogens with zero attached hydrogens (tertiary/aromatic N) is 2. The Morgan fingerprint density at radius 3 is 2.38 bits per heavy atom. The second-order valence-corrected chi connectivity index (χ2v) is 15.6. The minimum Gasteiger partial charge on any atom is -0.481 e. The molecule has 0 bridgehead atoms. The Bertz CT molecular complexity index is 1250. The molecule has 1 N–H and O–H groups in total. The van der Waals surface area contributed by atoms with E-state index in [0.29, 0.717) is 23.7 Å². The van der Waals surface area contributed by atoms with Crippen LogP contribution in [0, 0.1) is 58.2 Å². The van der Waals surface area contributed by atoms with Crippen molar-refractivity contribution in [3.05, 3.63) is 28.7 Å². The van der Waals surface area contributed by atoms with E-state index in [1.54, 1.807) is 7.11 Å². The first-order valence-electron chi connectivity index (χ1n) is 15.5. The van der Waals surface area contributed by atoms with Gasteiger partial charge in [-0.1, -0.05) is 60.1 Å². The van der Waals surface area contributed by atoms with Crippen molar-refractivity contribution in [3.8, 4) is 5.88 Å². The molecule has 3 saturated carbocycles. The fourth-order valence-corrected chi connectivity index (χ4v) is 11.6. The molecule has 5 aliphatic carbocycles. The van der Waals surface area contributed by atoms with Gasteiger partial charge < -0.3 is 9.84 Å². The summed E-state index contributed by atoms with van der Waals surface area (Å²) in [7, 11) is 1.74. The maximum atomic E-state index is 13.0. The Hall–Kier alpha value is -1.91. The summed E-state index contributed by atoms with van der Waals surface area (Å²) in [5.74, 6) is 3.17. The van der Waals surface area contributed by atoms with Gasteiger partial charge in [0.25, 0.3) is 0 Å². The Morgan fingerprint density at radius 1 is 1.00 bits per heavy atom. The van der Waals surface area contributed by atoms with E-state index in [-0.39, 0.29) is 27.6 Å². The molecule has 5 heteroatoms. The molecule has 0 amide bonds. The SMILES string of the molecule is COc1nc(C)nc2c1C[C@]1(C)[C@H]3CC=C4[C@@H]5[C@@H](C)[C@H](C)CC[C@]5(C(=O)O)CC[C@@]4(C)[C@]3(C)CC[C@H]1C2(C)C. The quantitative estimate of drug-likeness (QED) is 0.397. The van der Waals surface area contributed by atoms with E-state index in [0.717, 1.165) is 50.2 Å². The van der Waals surface area contributed by atoms with Crippen molar-refractivity contribution in [1.82, 2.24) is 9.97 Å². The molecular weight excluding hydrogens is 484 g/mol. The lowest BCUT2D eigenvalue weighted by Gasteiger charge is -2.70. The summed E-state index contributed by atoms with van der Waals surface area (Å²) >= 11 is 0. The minimum absolute atomic E-state index is 0.0249. The standard InChI is InChI=1S/C34H50N2O3/c1-19-12-15-34(29(37)38)17-16-32(7)23(26(34)20(19)2)10-11-25-31(6)18-22-27(35-21(3)36-28(22)39-9)30(4,5)24(31)13-14-33(25,32)8/h10,19-20,24-26H,11-18H2,1-9H3,(H,37,38)/t19-,20+,24+,25-,26+,31+,32-,33-,34+/m1/s1. The summed E-state index contributed by atoms with van der Waals surface area (Å²) in [5, 5.41) is 10.7. The van der Waals surface area contributed by atoms with Gasteiger partial charge in [0, 0.05) is 11.0 Å². The zero-order valence-electron chi connectivity index (χ0n) is 25.8. The number of allylic oxidation sites excluding steroid dienone is 2. The lowest BCUT2D eigenvalue weighted by molar-refractivity contribution is -0.179. The van der Waals surface area contributed by atoms with Crippen LogP contribution in [-0.2, 0) is 16.6 Å². The van der Waals surface area contributed by atoms with Crippen LogP contribution < -0.4 is 4.74 Å². The number of hydrogen-bond acceptors (Lipinski definition) is 4. The fraction of sp³-hybridized carbons (Fsp3) is 0.794. The molecule has 1 aromatic heterocycles. The van der Waals surface area contributed by atoms with Gasteiger partial charge in [0.2, 0.25) is 5.88 Å². The van der Waals surface area contributed by atoms with Crippen molar-refractivity contribution in [2.45, 2.75) is 112 Å². The van der Waals surface area contributed by atoms with Crippen LogP contribution in [0.1, 0.15) is 110 Å². The molecule has 9 atom stereocenters. The molecule has 0 unspecified atom stereocenters. The highest BCUT2D eigenvalue weighted by Gasteiger charge is 2.69. The third-order valence-electron chi connectivity index (χ3n) is 14.0. The number of rotatable bonds is 2. The van der Waals surface area contributed by atoms with E-state index in [1.165, 1.54) is 29.7 Å². The number of methoxy groups -OCH3 is 1. The summed E-state index contributed by atoms with van der Waals surface area (Å²) in [6.45, 7) is 19.2. The molecule has 5 nitrogen and oxygen atoms in total. The zero-order chi connectivity index (χ0) is 28.3. The first-order chi connectivity index (χ1) is 18.2. The number of hydrogen-bond donors (Lipinski definition) is 1. The molecule has 5 aliphatic rings. The smallest absolute Gasteiger partial charge is 0.310 e. The topological polar surface area (TPSA) is 72.3 Å². The molecule has 0 radical (unpaired) electrons. The zero-order valence-corrected chi connectivity index (χ0v) is 25.8. The van der Waals surface area contributed by atoms with Crippen LogP contribution in [0.25, 0.3) is 0 Å².